The number of halogens is 3. The van der Waals surface area contributed by atoms with Gasteiger partial charge in [0.25, 0.3) is 0 Å². The maximum Gasteiger partial charge on any atom is 0.330 e. The van der Waals surface area contributed by atoms with Gasteiger partial charge < -0.3 is 4.74 Å². The van der Waals surface area contributed by atoms with Gasteiger partial charge in [-0.2, -0.15) is 0 Å². The molecule has 0 amide bonds. The molecule has 0 unspecified atom stereocenters. The van der Waals surface area contributed by atoms with Crippen LogP contribution in [0.4, 0.5) is 4.39 Å². The van der Waals surface area contributed by atoms with Crippen LogP contribution in [0.3, 0.4) is 0 Å². The molecule has 0 radical (unpaired) electrons. The summed E-state index contributed by atoms with van der Waals surface area (Å²) in [7, 11) is 0. The van der Waals surface area contributed by atoms with Crippen LogP contribution in [0.15, 0.2) is 42.3 Å². The largest absolute Gasteiger partial charge is 0.463 e. The van der Waals surface area contributed by atoms with E-state index in [9.17, 15) is 9.18 Å². The zero-order chi connectivity index (χ0) is 15.4. The first-order valence-corrected chi connectivity index (χ1v) is 7.44. The molecule has 0 aliphatic heterocycles. The van der Waals surface area contributed by atoms with Crippen molar-refractivity contribution in [3.8, 4) is 0 Å². The van der Waals surface area contributed by atoms with Crippen molar-refractivity contribution < 1.29 is 13.9 Å². The van der Waals surface area contributed by atoms with Crippen molar-refractivity contribution in [1.29, 1.82) is 0 Å². The Morgan fingerprint density at radius 1 is 1.38 bits per heavy atom. The molecule has 1 aliphatic rings. The molecule has 112 valence electrons. The number of esters is 1. The van der Waals surface area contributed by atoms with Gasteiger partial charge in [0.1, 0.15) is 5.83 Å². The highest BCUT2D eigenvalue weighted by Crippen LogP contribution is 2.49. The van der Waals surface area contributed by atoms with Crippen LogP contribution in [0, 0.1) is 5.92 Å². The smallest absolute Gasteiger partial charge is 0.330 e. The molecule has 0 saturated heterocycles. The molecule has 5 heteroatoms. The summed E-state index contributed by atoms with van der Waals surface area (Å²) in [6.45, 7) is 1.97. The second-order valence-electron chi connectivity index (χ2n) is 4.82. The van der Waals surface area contributed by atoms with Crippen LogP contribution >= 0.6 is 23.2 Å². The molecule has 1 saturated carbocycles. The molecular weight excluding hydrogens is 314 g/mol. The normalized spacial score (nSPS) is 21.6. The number of hydrogen-bond donors (Lipinski definition) is 0. The van der Waals surface area contributed by atoms with Crippen LogP contribution in [0.25, 0.3) is 0 Å². The second-order valence-corrected chi connectivity index (χ2v) is 5.63. The molecule has 0 N–H and O–H groups in total. The van der Waals surface area contributed by atoms with E-state index in [1.165, 1.54) is 6.08 Å². The fraction of sp³-hybridized carbons (Fsp3) is 0.312. The summed E-state index contributed by atoms with van der Waals surface area (Å²) in [4.78, 5) is 11.1. The van der Waals surface area contributed by atoms with Crippen LogP contribution in [0.2, 0.25) is 10.0 Å². The summed E-state index contributed by atoms with van der Waals surface area (Å²) in [5, 5.41) is 1.02. The lowest BCUT2D eigenvalue weighted by molar-refractivity contribution is -0.137. The van der Waals surface area contributed by atoms with Crippen molar-refractivity contribution in [2.24, 2.45) is 5.92 Å². The molecule has 0 spiro atoms. The fourth-order valence-electron chi connectivity index (χ4n) is 2.12. The lowest BCUT2D eigenvalue weighted by Gasteiger charge is -2.01. The molecule has 21 heavy (non-hydrogen) atoms. The van der Waals surface area contributed by atoms with Gasteiger partial charge in [0.05, 0.1) is 16.7 Å². The zero-order valence-electron chi connectivity index (χ0n) is 11.5. The topological polar surface area (TPSA) is 26.3 Å². The van der Waals surface area contributed by atoms with Gasteiger partial charge in [-0.25, -0.2) is 9.18 Å². The zero-order valence-corrected chi connectivity index (χ0v) is 13.0. The Hall–Kier alpha value is -1.32. The summed E-state index contributed by atoms with van der Waals surface area (Å²) < 4.78 is 18.3. The number of carbonyl (C=O) groups is 1. The number of hydrogen-bond acceptors (Lipinski definition) is 2. The van der Waals surface area contributed by atoms with E-state index < -0.39 is 11.8 Å². The van der Waals surface area contributed by atoms with Crippen LogP contribution < -0.4 is 0 Å². The molecule has 0 bridgehead atoms. The van der Waals surface area contributed by atoms with E-state index in [0.29, 0.717) is 10.0 Å². The Morgan fingerprint density at radius 3 is 2.81 bits per heavy atom. The third-order valence-electron chi connectivity index (χ3n) is 3.25. The van der Waals surface area contributed by atoms with E-state index in [0.717, 1.165) is 24.1 Å². The number of benzene rings is 1. The standard InChI is InChI=1S/C16H15Cl2FO2/c1-2-21-16(20)6-4-12(19)7-11-8-13(11)10-3-5-14(17)15(18)9-10/h3-7,9,11,13H,2,8H2,1H3/t11-,13+/m1/s1. The molecule has 1 aromatic rings. The van der Waals surface area contributed by atoms with Crippen LogP contribution in [-0.4, -0.2) is 12.6 Å². The Kier molecular flexibility index (Phi) is 5.43. The molecule has 2 nitrogen and oxygen atoms in total. The number of allylic oxidation sites excluding steroid dienone is 3. The molecule has 2 atom stereocenters. The van der Waals surface area contributed by atoms with Crippen molar-refractivity contribution in [3.05, 3.63) is 57.9 Å². The highest BCUT2D eigenvalue weighted by molar-refractivity contribution is 6.42. The number of ether oxygens (including phenoxy) is 1. The van der Waals surface area contributed by atoms with Crippen molar-refractivity contribution in [3.63, 3.8) is 0 Å². The van der Waals surface area contributed by atoms with E-state index in [4.69, 9.17) is 23.2 Å². The average molecular weight is 329 g/mol. The minimum Gasteiger partial charge on any atom is -0.463 e. The molecule has 1 fully saturated rings. The van der Waals surface area contributed by atoms with E-state index in [1.54, 1.807) is 13.0 Å². The molecule has 2 rings (SSSR count). The predicted molar refractivity (Wildman–Crippen MR) is 82.3 cm³/mol. The first-order valence-electron chi connectivity index (χ1n) is 6.68. The van der Waals surface area contributed by atoms with Gasteiger partial charge in [0, 0.05) is 6.08 Å². The minimum atomic E-state index is -0.544. The van der Waals surface area contributed by atoms with E-state index in [1.807, 2.05) is 12.1 Å². The van der Waals surface area contributed by atoms with Crippen LogP contribution in [0.1, 0.15) is 24.8 Å². The van der Waals surface area contributed by atoms with Gasteiger partial charge in [-0.1, -0.05) is 29.3 Å². The quantitative estimate of drug-likeness (QED) is 0.428. The Bertz CT molecular complexity index is 596. The van der Waals surface area contributed by atoms with Gasteiger partial charge in [0.15, 0.2) is 0 Å². The first-order chi connectivity index (χ1) is 10.0. The third-order valence-corrected chi connectivity index (χ3v) is 3.99. The lowest BCUT2D eigenvalue weighted by Crippen LogP contribution is -1.98. The third kappa shape index (κ3) is 4.58. The fourth-order valence-corrected chi connectivity index (χ4v) is 2.43. The summed E-state index contributed by atoms with van der Waals surface area (Å²) >= 11 is 11.8. The van der Waals surface area contributed by atoms with Gasteiger partial charge >= 0.3 is 5.97 Å². The minimum absolute atomic E-state index is 0.120. The predicted octanol–water partition coefficient (Wildman–Crippen LogP) is 5.07. The van der Waals surface area contributed by atoms with Gasteiger partial charge in [0.2, 0.25) is 0 Å². The summed E-state index contributed by atoms with van der Waals surface area (Å²) in [6.07, 6.45) is 4.59. The number of rotatable bonds is 5. The molecular formula is C16H15Cl2FO2. The Morgan fingerprint density at radius 2 is 2.14 bits per heavy atom. The Balaban J connectivity index is 1.95. The summed E-state index contributed by atoms with van der Waals surface area (Å²) in [5.41, 5.74) is 1.05. The van der Waals surface area contributed by atoms with Gasteiger partial charge in [-0.05, 0) is 55.0 Å². The van der Waals surface area contributed by atoms with Crippen LogP contribution in [-0.2, 0) is 9.53 Å². The lowest BCUT2D eigenvalue weighted by atomic mass is 10.1. The van der Waals surface area contributed by atoms with Crippen LogP contribution in [0.5, 0.6) is 0 Å². The first kappa shape index (κ1) is 16.1. The maximum absolute atomic E-state index is 13.6. The monoisotopic (exact) mass is 328 g/mol. The molecule has 1 aromatic carbocycles. The average Bonchev–Trinajstić information content (AvgIpc) is 3.19. The van der Waals surface area contributed by atoms with E-state index in [2.05, 4.69) is 4.74 Å². The highest BCUT2D eigenvalue weighted by atomic mass is 35.5. The van der Waals surface area contributed by atoms with Crippen molar-refractivity contribution >= 4 is 29.2 Å². The molecule has 1 aliphatic carbocycles. The van der Waals surface area contributed by atoms with Crippen molar-refractivity contribution in [2.45, 2.75) is 19.3 Å². The highest BCUT2D eigenvalue weighted by Gasteiger charge is 2.37. The summed E-state index contributed by atoms with van der Waals surface area (Å²) in [6, 6.07) is 5.46. The SMILES string of the molecule is CCOC(=O)C=CC(F)=C[C@@H]1C[C@H]1c1ccc(Cl)c(Cl)c1. The van der Waals surface area contributed by atoms with Gasteiger partial charge in [-0.3, -0.25) is 0 Å². The van der Waals surface area contributed by atoms with E-state index >= 15 is 0 Å². The second kappa shape index (κ2) is 7.10. The molecule has 0 aromatic heterocycles. The summed E-state index contributed by atoms with van der Waals surface area (Å²) in [5.74, 6) is -0.607. The Labute approximate surface area is 133 Å². The van der Waals surface area contributed by atoms with Crippen molar-refractivity contribution in [2.75, 3.05) is 6.61 Å². The number of carbonyl (C=O) groups excluding carboxylic acids is 1. The van der Waals surface area contributed by atoms with Gasteiger partial charge in [-0.15, -0.1) is 0 Å². The van der Waals surface area contributed by atoms with Crippen molar-refractivity contribution in [1.82, 2.24) is 0 Å². The van der Waals surface area contributed by atoms with E-state index in [-0.39, 0.29) is 18.4 Å². The maximum atomic E-state index is 13.6. The molecule has 0 heterocycles.